The van der Waals surface area contributed by atoms with Crippen molar-refractivity contribution in [3.05, 3.63) is 0 Å². The number of rotatable bonds is 5. The molecule has 1 heterocycles. The van der Waals surface area contributed by atoms with E-state index in [0.29, 0.717) is 12.5 Å². The second kappa shape index (κ2) is 6.21. The van der Waals surface area contributed by atoms with E-state index in [1.165, 1.54) is 0 Å². The standard InChI is InChI=1S/C12H24N2O2/c1-4-16-11(15)12(14-9-10(2)3)5-7-13-8-6-12/h10,13-14H,4-9H2,1-3H3. The fraction of sp³-hybridized carbons (Fsp3) is 0.917. The third-order valence-corrected chi connectivity index (χ3v) is 2.97. The molecular weight excluding hydrogens is 204 g/mol. The Hall–Kier alpha value is -0.610. The van der Waals surface area contributed by atoms with Crippen LogP contribution in [0.5, 0.6) is 0 Å². The van der Waals surface area contributed by atoms with Crippen LogP contribution in [0, 0.1) is 5.92 Å². The molecule has 94 valence electrons. The molecule has 16 heavy (non-hydrogen) atoms. The van der Waals surface area contributed by atoms with Crippen molar-refractivity contribution < 1.29 is 9.53 Å². The highest BCUT2D eigenvalue weighted by Crippen LogP contribution is 2.20. The second-order valence-corrected chi connectivity index (χ2v) is 4.83. The van der Waals surface area contributed by atoms with Gasteiger partial charge in [-0.2, -0.15) is 0 Å². The van der Waals surface area contributed by atoms with Crippen LogP contribution in [0.2, 0.25) is 0 Å². The summed E-state index contributed by atoms with van der Waals surface area (Å²) in [5, 5.41) is 6.68. The monoisotopic (exact) mass is 228 g/mol. The van der Waals surface area contributed by atoms with E-state index in [0.717, 1.165) is 32.5 Å². The molecule has 0 aromatic rings. The lowest BCUT2D eigenvalue weighted by Gasteiger charge is -2.36. The quantitative estimate of drug-likeness (QED) is 0.687. The topological polar surface area (TPSA) is 50.4 Å². The summed E-state index contributed by atoms with van der Waals surface area (Å²) in [6.07, 6.45) is 1.64. The average molecular weight is 228 g/mol. The summed E-state index contributed by atoms with van der Waals surface area (Å²) in [5.41, 5.74) is -0.453. The summed E-state index contributed by atoms with van der Waals surface area (Å²) in [4.78, 5) is 12.0. The summed E-state index contributed by atoms with van der Waals surface area (Å²) in [7, 11) is 0. The van der Waals surface area contributed by atoms with Gasteiger partial charge in [0.05, 0.1) is 6.61 Å². The Morgan fingerprint density at radius 3 is 2.56 bits per heavy atom. The van der Waals surface area contributed by atoms with Crippen molar-refractivity contribution in [1.29, 1.82) is 0 Å². The lowest BCUT2D eigenvalue weighted by Crippen LogP contribution is -2.59. The molecule has 0 saturated carbocycles. The number of esters is 1. The first kappa shape index (κ1) is 13.5. The van der Waals surface area contributed by atoms with Crippen LogP contribution in [-0.4, -0.2) is 37.7 Å². The third-order valence-electron chi connectivity index (χ3n) is 2.97. The lowest BCUT2D eigenvalue weighted by atomic mass is 9.88. The number of hydrogen-bond acceptors (Lipinski definition) is 4. The molecule has 0 bridgehead atoms. The maximum atomic E-state index is 12.0. The van der Waals surface area contributed by atoms with E-state index in [-0.39, 0.29) is 5.97 Å². The van der Waals surface area contributed by atoms with Crippen molar-refractivity contribution in [3.8, 4) is 0 Å². The Morgan fingerprint density at radius 1 is 1.44 bits per heavy atom. The number of carbonyl (C=O) groups excluding carboxylic acids is 1. The fourth-order valence-electron chi connectivity index (χ4n) is 1.98. The van der Waals surface area contributed by atoms with E-state index in [1.54, 1.807) is 0 Å². The molecule has 0 aromatic heterocycles. The molecule has 0 radical (unpaired) electrons. The van der Waals surface area contributed by atoms with Gasteiger partial charge in [0.25, 0.3) is 0 Å². The maximum Gasteiger partial charge on any atom is 0.326 e. The van der Waals surface area contributed by atoms with E-state index in [9.17, 15) is 4.79 Å². The van der Waals surface area contributed by atoms with Crippen LogP contribution in [0.1, 0.15) is 33.6 Å². The first-order valence-electron chi connectivity index (χ1n) is 6.23. The van der Waals surface area contributed by atoms with Crippen LogP contribution in [0.25, 0.3) is 0 Å². The fourth-order valence-corrected chi connectivity index (χ4v) is 1.98. The maximum absolute atomic E-state index is 12.0. The molecule has 1 aliphatic heterocycles. The molecule has 0 atom stereocenters. The van der Waals surface area contributed by atoms with E-state index in [2.05, 4.69) is 24.5 Å². The van der Waals surface area contributed by atoms with E-state index in [4.69, 9.17) is 4.74 Å². The van der Waals surface area contributed by atoms with Crippen LogP contribution in [0.15, 0.2) is 0 Å². The molecule has 1 fully saturated rings. The van der Waals surface area contributed by atoms with E-state index >= 15 is 0 Å². The Balaban J connectivity index is 2.62. The molecule has 0 unspecified atom stereocenters. The van der Waals surface area contributed by atoms with E-state index in [1.807, 2.05) is 6.92 Å². The van der Waals surface area contributed by atoms with Gasteiger partial charge in [0.2, 0.25) is 0 Å². The predicted molar refractivity (Wildman–Crippen MR) is 64.3 cm³/mol. The second-order valence-electron chi connectivity index (χ2n) is 4.83. The molecule has 0 amide bonds. The SMILES string of the molecule is CCOC(=O)C1(NCC(C)C)CCNCC1. The average Bonchev–Trinajstić information content (AvgIpc) is 2.28. The summed E-state index contributed by atoms with van der Waals surface area (Å²) < 4.78 is 5.19. The lowest BCUT2D eigenvalue weighted by molar-refractivity contribution is -0.152. The van der Waals surface area contributed by atoms with Crippen LogP contribution in [0.4, 0.5) is 0 Å². The van der Waals surface area contributed by atoms with Crippen LogP contribution in [-0.2, 0) is 9.53 Å². The smallest absolute Gasteiger partial charge is 0.326 e. The van der Waals surface area contributed by atoms with Crippen molar-refractivity contribution >= 4 is 5.97 Å². The predicted octanol–water partition coefficient (Wildman–Crippen LogP) is 0.917. The van der Waals surface area contributed by atoms with Crippen molar-refractivity contribution in [1.82, 2.24) is 10.6 Å². The zero-order valence-corrected chi connectivity index (χ0v) is 10.6. The summed E-state index contributed by atoms with van der Waals surface area (Å²) >= 11 is 0. The Morgan fingerprint density at radius 2 is 2.06 bits per heavy atom. The summed E-state index contributed by atoms with van der Waals surface area (Å²) in [6.45, 7) is 9.22. The van der Waals surface area contributed by atoms with Gasteiger partial charge in [0, 0.05) is 0 Å². The highest BCUT2D eigenvalue weighted by molar-refractivity contribution is 5.81. The number of carbonyl (C=O) groups is 1. The number of nitrogens with one attached hydrogen (secondary N) is 2. The van der Waals surface area contributed by atoms with Gasteiger partial charge >= 0.3 is 5.97 Å². The van der Waals surface area contributed by atoms with Crippen molar-refractivity contribution in [3.63, 3.8) is 0 Å². The minimum Gasteiger partial charge on any atom is -0.465 e. The van der Waals surface area contributed by atoms with Crippen molar-refractivity contribution in [2.45, 2.75) is 39.2 Å². The minimum atomic E-state index is -0.453. The van der Waals surface area contributed by atoms with E-state index < -0.39 is 5.54 Å². The first-order chi connectivity index (χ1) is 7.60. The molecule has 1 aliphatic rings. The van der Waals surface area contributed by atoms with Gasteiger partial charge in [-0.1, -0.05) is 13.8 Å². The van der Waals surface area contributed by atoms with Crippen molar-refractivity contribution in [2.24, 2.45) is 5.92 Å². The summed E-state index contributed by atoms with van der Waals surface area (Å²) in [6, 6.07) is 0. The van der Waals surface area contributed by atoms with Gasteiger partial charge in [-0.3, -0.25) is 4.79 Å². The van der Waals surface area contributed by atoms with Gasteiger partial charge in [-0.05, 0) is 45.3 Å². The largest absolute Gasteiger partial charge is 0.465 e. The first-order valence-corrected chi connectivity index (χ1v) is 6.23. The van der Waals surface area contributed by atoms with Crippen LogP contribution in [0.3, 0.4) is 0 Å². The number of piperidine rings is 1. The summed E-state index contributed by atoms with van der Waals surface area (Å²) in [5.74, 6) is 0.457. The van der Waals surface area contributed by atoms with Gasteiger partial charge in [0.1, 0.15) is 5.54 Å². The van der Waals surface area contributed by atoms with Crippen molar-refractivity contribution in [2.75, 3.05) is 26.2 Å². The van der Waals surface area contributed by atoms with Gasteiger partial charge in [0.15, 0.2) is 0 Å². The number of ether oxygens (including phenoxy) is 1. The minimum absolute atomic E-state index is 0.0860. The van der Waals surface area contributed by atoms with Crippen LogP contribution >= 0.6 is 0 Å². The third kappa shape index (κ3) is 3.46. The highest BCUT2D eigenvalue weighted by Gasteiger charge is 2.40. The molecule has 2 N–H and O–H groups in total. The number of hydrogen-bond donors (Lipinski definition) is 2. The molecule has 0 aliphatic carbocycles. The molecular formula is C12H24N2O2. The van der Waals surface area contributed by atoms with Crippen LogP contribution < -0.4 is 10.6 Å². The zero-order chi connectivity index (χ0) is 12.0. The molecule has 4 heteroatoms. The van der Waals surface area contributed by atoms with Gasteiger partial charge in [-0.25, -0.2) is 0 Å². The molecule has 4 nitrogen and oxygen atoms in total. The molecule has 0 aromatic carbocycles. The Bertz CT molecular complexity index is 223. The Kier molecular flexibility index (Phi) is 5.22. The molecule has 0 spiro atoms. The Labute approximate surface area is 98.1 Å². The zero-order valence-electron chi connectivity index (χ0n) is 10.6. The molecule has 1 saturated heterocycles. The van der Waals surface area contributed by atoms with Gasteiger partial charge < -0.3 is 15.4 Å². The molecule has 1 rings (SSSR count). The highest BCUT2D eigenvalue weighted by atomic mass is 16.5. The van der Waals surface area contributed by atoms with Gasteiger partial charge in [-0.15, -0.1) is 0 Å². The normalized spacial score (nSPS) is 19.8.